The van der Waals surface area contributed by atoms with Crippen molar-refractivity contribution in [3.63, 3.8) is 0 Å². The van der Waals surface area contributed by atoms with Crippen LogP contribution in [0.2, 0.25) is 0 Å². The van der Waals surface area contributed by atoms with E-state index in [2.05, 4.69) is 36.2 Å². The molecular formula is C66H110N10O23P2. The molecule has 0 bridgehead atoms. The van der Waals surface area contributed by atoms with Crippen LogP contribution >= 0.6 is 15.6 Å². The Hall–Kier alpha value is -6.16. The van der Waals surface area contributed by atoms with Gasteiger partial charge < -0.3 is 75.0 Å². The summed E-state index contributed by atoms with van der Waals surface area (Å²) in [7, 11) is -2.66. The number of likely N-dealkylation sites (N-methyl/N-ethyl adjacent to an activating group) is 2. The third-order valence-electron chi connectivity index (χ3n) is 17.8. The minimum absolute atomic E-state index is 0.00624. The van der Waals surface area contributed by atoms with Crippen molar-refractivity contribution < 1.29 is 109 Å². The molecule has 4 rings (SSSR count). The molecule has 3 aliphatic rings. The Kier molecular flexibility index (Phi) is 37.3. The van der Waals surface area contributed by atoms with E-state index in [0.29, 0.717) is 45.1 Å². The Balaban J connectivity index is 1.24. The van der Waals surface area contributed by atoms with Crippen molar-refractivity contribution in [3.8, 4) is 0 Å². The van der Waals surface area contributed by atoms with E-state index < -0.39 is 143 Å². The molecule has 3 aliphatic heterocycles. The van der Waals surface area contributed by atoms with Gasteiger partial charge in [0.05, 0.1) is 94.8 Å². The summed E-state index contributed by atoms with van der Waals surface area (Å²) in [6, 6.07) is 2.14. The zero-order valence-electron chi connectivity index (χ0n) is 60.5. The molecule has 3 heterocycles. The summed E-state index contributed by atoms with van der Waals surface area (Å²) in [5.74, 6) is -6.17. The van der Waals surface area contributed by atoms with Crippen LogP contribution < -0.4 is 31.9 Å². The Morgan fingerprint density at radius 3 is 2.03 bits per heavy atom. The number of hydrogen-bond acceptors (Lipinski definition) is 23. The van der Waals surface area contributed by atoms with Gasteiger partial charge in [0.2, 0.25) is 41.4 Å². The molecular weight excluding hydrogens is 1360 g/mol. The van der Waals surface area contributed by atoms with Crippen LogP contribution in [0.3, 0.4) is 0 Å². The molecule has 2 fully saturated rings. The monoisotopic (exact) mass is 1470 g/mol. The molecule has 2 saturated heterocycles. The molecule has 0 aliphatic carbocycles. The van der Waals surface area contributed by atoms with Crippen LogP contribution in [0.5, 0.6) is 0 Å². The van der Waals surface area contributed by atoms with Gasteiger partial charge >= 0.3 is 21.6 Å². The van der Waals surface area contributed by atoms with Gasteiger partial charge in [-0.05, 0) is 70.0 Å². The van der Waals surface area contributed by atoms with E-state index in [1.165, 1.54) is 45.4 Å². The van der Waals surface area contributed by atoms with Crippen LogP contribution in [0.1, 0.15) is 131 Å². The van der Waals surface area contributed by atoms with Crippen molar-refractivity contribution in [2.24, 2.45) is 23.7 Å². The molecule has 33 nitrogen and oxygen atoms in total. The first-order valence-corrected chi connectivity index (χ1v) is 37.4. The normalized spacial score (nSPS) is 20.0. The van der Waals surface area contributed by atoms with E-state index in [-0.39, 0.29) is 113 Å². The topological polar surface area (TPSA) is 425 Å². The zero-order chi connectivity index (χ0) is 75.3. The molecule has 35 heteroatoms. The average molecular weight is 1470 g/mol. The van der Waals surface area contributed by atoms with Crippen molar-refractivity contribution in [2.45, 2.75) is 186 Å². The number of cyclic esters (lactones) is 1. The predicted octanol–water partition coefficient (Wildman–Crippen LogP) is 1.98. The Bertz CT molecular complexity index is 2980. The van der Waals surface area contributed by atoms with E-state index in [4.69, 9.17) is 32.7 Å². The van der Waals surface area contributed by atoms with E-state index in [9.17, 15) is 72.0 Å². The lowest BCUT2D eigenvalue weighted by Crippen LogP contribution is -2.59. The van der Waals surface area contributed by atoms with Gasteiger partial charge in [0.1, 0.15) is 30.5 Å². The molecule has 572 valence electrons. The van der Waals surface area contributed by atoms with Gasteiger partial charge in [0.15, 0.2) is 0 Å². The highest BCUT2D eigenvalue weighted by Crippen LogP contribution is 2.62. The number of nitrogens with one attached hydrogen (secondary N) is 6. The van der Waals surface area contributed by atoms with Crippen molar-refractivity contribution in [3.05, 3.63) is 48.0 Å². The minimum Gasteiger partial charge on any atom is -0.464 e. The lowest BCUT2D eigenvalue weighted by molar-refractivity contribution is -0.148. The highest BCUT2D eigenvalue weighted by molar-refractivity contribution is 7.61. The number of phosphoric acid groups is 2. The summed E-state index contributed by atoms with van der Waals surface area (Å²) in [6.07, 6.45) is 0.581. The number of carbonyl (C=O) groups excluding carboxylic acids is 10. The fourth-order valence-corrected chi connectivity index (χ4v) is 14.7. The van der Waals surface area contributed by atoms with E-state index in [1.54, 1.807) is 42.0 Å². The maximum Gasteiger partial charge on any atom is 0.481 e. The first-order chi connectivity index (χ1) is 47.7. The molecule has 101 heavy (non-hydrogen) atoms. The van der Waals surface area contributed by atoms with Gasteiger partial charge in [-0.3, -0.25) is 67.3 Å². The number of phosphoric ester groups is 2. The Labute approximate surface area is 592 Å². The van der Waals surface area contributed by atoms with Gasteiger partial charge in [0.25, 0.3) is 11.8 Å². The van der Waals surface area contributed by atoms with Crippen LogP contribution in [0.25, 0.3) is 0 Å². The number of amides is 9. The highest BCUT2D eigenvalue weighted by atomic mass is 31.3. The molecule has 0 spiro atoms. The number of nitrogens with zero attached hydrogens (tertiary/aromatic N) is 4. The number of methoxy groups -OCH3 is 2. The van der Waals surface area contributed by atoms with Crippen LogP contribution in [0.15, 0.2) is 42.5 Å². The summed E-state index contributed by atoms with van der Waals surface area (Å²) >= 11 is 0. The number of imide groups is 1. The molecule has 0 aromatic heterocycles. The number of esters is 1. The summed E-state index contributed by atoms with van der Waals surface area (Å²) in [6.45, 7) is 14.0. The number of ether oxygens (including phenoxy) is 5. The predicted molar refractivity (Wildman–Crippen MR) is 367 cm³/mol. The maximum atomic E-state index is 14.5. The molecule has 0 saturated carbocycles. The standard InChI is InChI=1S/C66H110N10O23P2/c1-14-43(6)59(74(11)65(86)57(41(2)3)72-64(85)58(42(4)5)73(9)10)50(92-12)39-56(82)75-32-21-24-49(75)60(93-13)44(7)62(83)69-45(8)61(46-22-17-15-18-23-46)98-101(90,91)99-100(88,89)97-35-30-67-53(79)40-95-37-36-94-34-29-68-63(84)48(38-52(78)70-47-28-33-96-66(47)87)71-51(77)25-19-16-20-31-76-54(80)26-27-55(76)81/h15,17-18,22-23,26-27,41-45,47-50,53,57-61,67,79H,14,16,19-21,24-25,28-40H2,1-13H3,(H,68,84)(H,69,83)(H,70,78)(H,71,77)(H,72,85)(H,88,89)(H,90,91)/t43-,44+,45+,47-,48-,49-,50+,53?,57-,58-,59-,60+,61+/m0/s1. The van der Waals surface area contributed by atoms with Gasteiger partial charge in [0, 0.05) is 72.4 Å². The lowest BCUT2D eigenvalue weighted by atomic mass is 9.89. The SMILES string of the molecule is CC[C@H](C)[C@@H]([C@@H](CC(=O)N1CCC[C@H]1[C@H](OC)[C@@H](C)C(=O)N[C@H](C)[C@@H](OP(=O)(O)OP(=O)(O)OCCNC(O)COCCOCCNC(=O)[C@H](CC(=O)N[C@H]1CCOC1=O)NC(=O)CCCCCN1C(=O)C=CC1=O)c1ccccc1)OC)N(C)C(=O)[C@@H](NC(=O)[C@H](C(C)C)N(C)C)C(C)C. The molecule has 0 radical (unpaired) electrons. The van der Waals surface area contributed by atoms with E-state index in [0.717, 1.165) is 4.90 Å². The highest BCUT2D eigenvalue weighted by Gasteiger charge is 2.45. The van der Waals surface area contributed by atoms with E-state index >= 15 is 0 Å². The summed E-state index contributed by atoms with van der Waals surface area (Å²) in [5, 5.41) is 26.4. The second-order valence-electron chi connectivity index (χ2n) is 26.4. The largest absolute Gasteiger partial charge is 0.481 e. The summed E-state index contributed by atoms with van der Waals surface area (Å²) in [4.78, 5) is 159. The molecule has 9 amide bonds. The van der Waals surface area contributed by atoms with Crippen LogP contribution in [-0.2, 0) is 94.1 Å². The van der Waals surface area contributed by atoms with E-state index in [1.807, 2.05) is 60.5 Å². The second kappa shape index (κ2) is 43.2. The number of benzene rings is 1. The number of unbranched alkanes of at least 4 members (excludes halogenated alkanes) is 2. The molecule has 1 aromatic rings. The fourth-order valence-electron chi connectivity index (χ4n) is 12.4. The van der Waals surface area contributed by atoms with Crippen molar-refractivity contribution in [1.29, 1.82) is 0 Å². The lowest BCUT2D eigenvalue weighted by Gasteiger charge is -2.41. The molecule has 1 aromatic carbocycles. The van der Waals surface area contributed by atoms with Gasteiger partial charge in [-0.15, -0.1) is 0 Å². The van der Waals surface area contributed by atoms with Crippen molar-refractivity contribution in [1.82, 2.24) is 51.5 Å². The Morgan fingerprint density at radius 1 is 0.752 bits per heavy atom. The zero-order valence-corrected chi connectivity index (χ0v) is 62.3. The van der Waals surface area contributed by atoms with Crippen LogP contribution in [-0.4, -0.2) is 256 Å². The number of likely N-dealkylation sites (tertiary alicyclic amines) is 1. The second-order valence-corrected chi connectivity index (χ2v) is 29.4. The van der Waals surface area contributed by atoms with Crippen molar-refractivity contribution in [2.75, 3.05) is 101 Å². The smallest absolute Gasteiger partial charge is 0.464 e. The van der Waals surface area contributed by atoms with Gasteiger partial charge in [-0.2, -0.15) is 4.31 Å². The minimum atomic E-state index is -5.51. The van der Waals surface area contributed by atoms with Crippen LogP contribution in [0, 0.1) is 23.7 Å². The van der Waals surface area contributed by atoms with Gasteiger partial charge in [-0.25, -0.2) is 13.9 Å². The summed E-state index contributed by atoms with van der Waals surface area (Å²) < 4.78 is 69.5. The molecule has 15 atom stereocenters. The third-order valence-corrected chi connectivity index (χ3v) is 20.4. The number of carbonyl (C=O) groups is 10. The Morgan fingerprint density at radius 2 is 1.43 bits per heavy atom. The molecule has 9 N–H and O–H groups in total. The number of aliphatic hydroxyl groups is 1. The summed E-state index contributed by atoms with van der Waals surface area (Å²) in [5.41, 5.74) is 0.272. The molecule has 3 unspecified atom stereocenters. The number of rotatable bonds is 48. The first kappa shape index (κ1) is 87.2. The van der Waals surface area contributed by atoms with Crippen LogP contribution in [0.4, 0.5) is 0 Å². The fraction of sp³-hybridized carbons (Fsp3) is 0.727. The van der Waals surface area contributed by atoms with Crippen molar-refractivity contribution >= 4 is 74.8 Å². The average Bonchev–Trinajstić information content (AvgIpc) is 1.80. The first-order valence-electron chi connectivity index (χ1n) is 34.4. The number of hydrogen-bond donors (Lipinski definition) is 9. The number of aliphatic hydroxyl groups excluding tert-OH is 1. The quantitative estimate of drug-likeness (QED) is 0.0148. The van der Waals surface area contributed by atoms with Gasteiger partial charge in [-0.1, -0.05) is 91.6 Å². The maximum absolute atomic E-state index is 14.5. The third kappa shape index (κ3) is 28.4.